The number of nitrogens with one attached hydrogen (secondary N) is 1. The molecule has 0 saturated carbocycles. The summed E-state index contributed by atoms with van der Waals surface area (Å²) >= 11 is 0. The molecule has 0 aliphatic carbocycles. The molecule has 0 bridgehead atoms. The molecule has 0 aliphatic rings. The monoisotopic (exact) mass is 585 g/mol. The molecule has 1 N–H and O–H groups in total. The fourth-order valence-electron chi connectivity index (χ4n) is 3.99. The number of hydrogen-bond donors (Lipinski definition) is 1. The van der Waals surface area contributed by atoms with Crippen molar-refractivity contribution < 1.29 is 31.9 Å². The number of sulfonamides is 1. The highest BCUT2D eigenvalue weighted by Gasteiger charge is 2.33. The van der Waals surface area contributed by atoms with Crippen LogP contribution in [0.2, 0.25) is 0 Å². The molecule has 9 nitrogen and oxygen atoms in total. The molecule has 2 atom stereocenters. The van der Waals surface area contributed by atoms with Crippen LogP contribution in [0.5, 0.6) is 11.5 Å². The lowest BCUT2D eigenvalue weighted by molar-refractivity contribution is -0.139. The van der Waals surface area contributed by atoms with E-state index >= 15 is 0 Å². The van der Waals surface area contributed by atoms with Crippen LogP contribution in [-0.2, 0) is 26.2 Å². The van der Waals surface area contributed by atoms with Gasteiger partial charge in [0.15, 0.2) is 0 Å². The molecule has 3 aromatic carbocycles. The van der Waals surface area contributed by atoms with Crippen molar-refractivity contribution in [3.8, 4) is 11.5 Å². The lowest BCUT2D eigenvalue weighted by Gasteiger charge is -2.32. The van der Waals surface area contributed by atoms with Gasteiger partial charge in [-0.15, -0.1) is 0 Å². The number of anilines is 1. The van der Waals surface area contributed by atoms with Gasteiger partial charge in [0.05, 0.1) is 24.8 Å². The van der Waals surface area contributed by atoms with E-state index in [9.17, 15) is 22.4 Å². The van der Waals surface area contributed by atoms with Gasteiger partial charge in [0, 0.05) is 12.6 Å². The van der Waals surface area contributed by atoms with Crippen LogP contribution in [0.1, 0.15) is 32.8 Å². The third-order valence-corrected chi connectivity index (χ3v) is 8.51. The van der Waals surface area contributed by atoms with Crippen LogP contribution in [0.15, 0.2) is 77.7 Å². The smallest absolute Gasteiger partial charge is 0.264 e. The zero-order valence-electron chi connectivity index (χ0n) is 23.8. The first-order valence-electron chi connectivity index (χ1n) is 13.1. The van der Waals surface area contributed by atoms with Crippen LogP contribution in [0.4, 0.5) is 10.1 Å². The molecule has 0 aliphatic heterocycles. The van der Waals surface area contributed by atoms with Crippen molar-refractivity contribution in [1.82, 2.24) is 10.2 Å². The summed E-state index contributed by atoms with van der Waals surface area (Å²) in [6, 6.07) is 16.5. The molecule has 11 heteroatoms. The number of ether oxygens (including phenoxy) is 2. The molecule has 0 aromatic heterocycles. The molecule has 0 spiro atoms. The van der Waals surface area contributed by atoms with Gasteiger partial charge in [0.2, 0.25) is 11.8 Å². The number of carbonyl (C=O) groups excluding carboxylic acids is 2. The number of methoxy groups -OCH3 is 2. The zero-order chi connectivity index (χ0) is 30.2. The Balaban J connectivity index is 2.01. The minimum Gasteiger partial charge on any atom is -0.497 e. The number of carbonyl (C=O) groups is 2. The number of halogens is 1. The Morgan fingerprint density at radius 1 is 0.878 bits per heavy atom. The molecule has 220 valence electrons. The van der Waals surface area contributed by atoms with Crippen molar-refractivity contribution in [2.45, 2.75) is 50.7 Å². The van der Waals surface area contributed by atoms with Crippen molar-refractivity contribution in [2.24, 2.45) is 0 Å². The molecular formula is C30H36FN3O6S. The Hall–Kier alpha value is -4.12. The quantitative estimate of drug-likeness (QED) is 0.320. The minimum absolute atomic E-state index is 0.0394. The third-order valence-electron chi connectivity index (χ3n) is 6.72. The highest BCUT2D eigenvalue weighted by atomic mass is 32.2. The molecule has 0 saturated heterocycles. The van der Waals surface area contributed by atoms with Gasteiger partial charge in [0.25, 0.3) is 10.0 Å². The average molecular weight is 586 g/mol. The maximum absolute atomic E-state index is 13.9. The zero-order valence-corrected chi connectivity index (χ0v) is 24.7. The molecular weight excluding hydrogens is 549 g/mol. The fraction of sp³-hybridized carbons (Fsp3) is 0.333. The summed E-state index contributed by atoms with van der Waals surface area (Å²) in [7, 11) is -1.28. The largest absolute Gasteiger partial charge is 0.497 e. The highest BCUT2D eigenvalue weighted by Crippen LogP contribution is 2.26. The number of benzene rings is 3. The fourth-order valence-corrected chi connectivity index (χ4v) is 5.40. The average Bonchev–Trinajstić information content (AvgIpc) is 2.98. The van der Waals surface area contributed by atoms with E-state index in [0.717, 1.165) is 16.4 Å². The normalized spacial score (nSPS) is 12.6. The summed E-state index contributed by atoms with van der Waals surface area (Å²) in [6.07, 6.45) is 0.698. The maximum atomic E-state index is 13.9. The van der Waals surface area contributed by atoms with Gasteiger partial charge in [-0.25, -0.2) is 12.8 Å². The van der Waals surface area contributed by atoms with Crippen LogP contribution < -0.4 is 19.1 Å². The standard InChI is InChI=1S/C30H36FN3O6S/c1-6-21(2)32-30(36)22(3)33(19-23-7-13-26(39-4)14-8-23)29(35)20-34(25-11-9-24(31)10-12-25)41(37,38)28-17-15-27(40-5)16-18-28/h7-18,21-22H,6,19-20H2,1-5H3,(H,32,36)/t21-,22+/m1/s1. The second-order valence-electron chi connectivity index (χ2n) is 9.53. The van der Waals surface area contributed by atoms with Crippen molar-refractivity contribution in [3.05, 3.63) is 84.2 Å². The number of rotatable bonds is 13. The molecule has 0 fully saturated rings. The second kappa shape index (κ2) is 14.0. The van der Waals surface area contributed by atoms with Crippen LogP contribution in [0.3, 0.4) is 0 Å². The van der Waals surface area contributed by atoms with E-state index in [1.54, 1.807) is 38.3 Å². The van der Waals surface area contributed by atoms with Crippen molar-refractivity contribution in [2.75, 3.05) is 25.1 Å². The van der Waals surface area contributed by atoms with Crippen molar-refractivity contribution >= 4 is 27.5 Å². The van der Waals surface area contributed by atoms with Gasteiger partial charge in [-0.05, 0) is 86.5 Å². The van der Waals surface area contributed by atoms with E-state index in [2.05, 4.69) is 5.32 Å². The first kappa shape index (κ1) is 31.4. The summed E-state index contributed by atoms with van der Waals surface area (Å²) in [6.45, 7) is 4.80. The van der Waals surface area contributed by atoms with Gasteiger partial charge in [-0.3, -0.25) is 13.9 Å². The lowest BCUT2D eigenvalue weighted by Crippen LogP contribution is -2.52. The number of amides is 2. The summed E-state index contributed by atoms with van der Waals surface area (Å²) in [4.78, 5) is 28.3. The predicted molar refractivity (Wildman–Crippen MR) is 155 cm³/mol. The molecule has 0 unspecified atom stereocenters. The van der Waals surface area contributed by atoms with Crippen LogP contribution in [-0.4, -0.2) is 58.0 Å². The molecule has 41 heavy (non-hydrogen) atoms. The Morgan fingerprint density at radius 3 is 1.93 bits per heavy atom. The van der Waals surface area contributed by atoms with E-state index in [0.29, 0.717) is 23.5 Å². The Kier molecular flexibility index (Phi) is 10.7. The molecule has 3 rings (SSSR count). The van der Waals surface area contributed by atoms with Crippen molar-refractivity contribution in [3.63, 3.8) is 0 Å². The first-order valence-corrected chi connectivity index (χ1v) is 14.6. The van der Waals surface area contributed by atoms with Gasteiger partial charge >= 0.3 is 0 Å². The Morgan fingerprint density at radius 2 is 1.41 bits per heavy atom. The molecule has 0 heterocycles. The highest BCUT2D eigenvalue weighted by molar-refractivity contribution is 7.92. The van der Waals surface area contributed by atoms with Gasteiger partial charge in [-0.1, -0.05) is 19.1 Å². The van der Waals surface area contributed by atoms with Gasteiger partial charge in [-0.2, -0.15) is 0 Å². The number of hydrogen-bond acceptors (Lipinski definition) is 6. The van der Waals surface area contributed by atoms with E-state index in [1.165, 1.54) is 48.4 Å². The SMILES string of the molecule is CC[C@@H](C)NC(=O)[C@H](C)N(Cc1ccc(OC)cc1)C(=O)CN(c1ccc(F)cc1)S(=O)(=O)c1ccc(OC)cc1. The van der Waals surface area contributed by atoms with E-state index in [1.807, 2.05) is 13.8 Å². The first-order chi connectivity index (χ1) is 19.5. The molecule has 3 aromatic rings. The topological polar surface area (TPSA) is 105 Å². The van der Waals surface area contributed by atoms with E-state index < -0.39 is 34.3 Å². The van der Waals surface area contributed by atoms with Crippen LogP contribution in [0, 0.1) is 5.82 Å². The second-order valence-corrected chi connectivity index (χ2v) is 11.4. The van der Waals surface area contributed by atoms with Gasteiger partial charge in [0.1, 0.15) is 29.9 Å². The van der Waals surface area contributed by atoms with E-state index in [-0.39, 0.29) is 29.1 Å². The maximum Gasteiger partial charge on any atom is 0.264 e. The van der Waals surface area contributed by atoms with E-state index in [4.69, 9.17) is 9.47 Å². The molecule has 0 radical (unpaired) electrons. The van der Waals surface area contributed by atoms with Gasteiger partial charge < -0.3 is 19.7 Å². The lowest BCUT2D eigenvalue weighted by atomic mass is 10.1. The third kappa shape index (κ3) is 7.97. The Bertz CT molecular complexity index is 1410. The Labute approximate surface area is 240 Å². The summed E-state index contributed by atoms with van der Waals surface area (Å²) in [5, 5.41) is 2.89. The predicted octanol–water partition coefficient (Wildman–Crippen LogP) is 4.37. The van der Waals surface area contributed by atoms with Crippen LogP contribution in [0.25, 0.3) is 0 Å². The van der Waals surface area contributed by atoms with Crippen LogP contribution >= 0.6 is 0 Å². The number of nitrogens with zero attached hydrogens (tertiary/aromatic N) is 2. The summed E-state index contributed by atoms with van der Waals surface area (Å²) in [5.74, 6) is -0.456. The molecule has 2 amide bonds. The summed E-state index contributed by atoms with van der Waals surface area (Å²) < 4.78 is 52.7. The minimum atomic E-state index is -4.28. The summed E-state index contributed by atoms with van der Waals surface area (Å²) in [5.41, 5.74) is 0.811. The van der Waals surface area contributed by atoms with Crippen molar-refractivity contribution in [1.29, 1.82) is 0 Å².